The lowest BCUT2D eigenvalue weighted by molar-refractivity contribution is -0.159. The van der Waals surface area contributed by atoms with Crippen molar-refractivity contribution < 1.29 is 14.7 Å². The van der Waals surface area contributed by atoms with Gasteiger partial charge in [-0.15, -0.1) is 0 Å². The first-order valence-electron chi connectivity index (χ1n) is 8.31. The van der Waals surface area contributed by atoms with Crippen LogP contribution in [0.3, 0.4) is 0 Å². The van der Waals surface area contributed by atoms with Gasteiger partial charge < -0.3 is 14.9 Å². The predicted molar refractivity (Wildman–Crippen MR) is 90.1 cm³/mol. The Labute approximate surface area is 140 Å². The van der Waals surface area contributed by atoms with Crippen molar-refractivity contribution in [1.29, 1.82) is 0 Å². The normalized spacial score (nSPS) is 27.0. The number of rotatable bonds is 2. The summed E-state index contributed by atoms with van der Waals surface area (Å²) >= 11 is 0. The fourth-order valence-corrected chi connectivity index (χ4v) is 3.80. The molecule has 24 heavy (non-hydrogen) atoms. The molecule has 0 saturated carbocycles. The van der Waals surface area contributed by atoms with Gasteiger partial charge in [-0.3, -0.25) is 9.59 Å². The molecule has 5 nitrogen and oxygen atoms in total. The maximum atomic E-state index is 12.8. The SMILES string of the molecule is C[C@H]1C(=O)N2C[C@H](O)CC2C(=O)N1Cc1ccc2ccccc2c1. The lowest BCUT2D eigenvalue weighted by Gasteiger charge is -2.40. The Hall–Kier alpha value is -2.40. The van der Waals surface area contributed by atoms with Crippen LogP contribution in [0.5, 0.6) is 0 Å². The highest BCUT2D eigenvalue weighted by Crippen LogP contribution is 2.28. The highest BCUT2D eigenvalue weighted by atomic mass is 16.3. The van der Waals surface area contributed by atoms with Gasteiger partial charge in [0, 0.05) is 19.5 Å². The number of piperazine rings is 1. The first-order chi connectivity index (χ1) is 11.5. The maximum absolute atomic E-state index is 12.8. The number of hydrogen-bond acceptors (Lipinski definition) is 3. The van der Waals surface area contributed by atoms with E-state index in [0.717, 1.165) is 16.3 Å². The Kier molecular flexibility index (Phi) is 3.53. The van der Waals surface area contributed by atoms with Crippen molar-refractivity contribution in [2.45, 2.75) is 38.1 Å². The van der Waals surface area contributed by atoms with Crippen LogP contribution < -0.4 is 0 Å². The zero-order valence-electron chi connectivity index (χ0n) is 13.6. The Morgan fingerprint density at radius 3 is 2.62 bits per heavy atom. The number of nitrogens with zero attached hydrogens (tertiary/aromatic N) is 2. The van der Waals surface area contributed by atoms with Crippen LogP contribution in [-0.4, -0.2) is 51.5 Å². The minimum absolute atomic E-state index is 0.0631. The lowest BCUT2D eigenvalue weighted by Crippen LogP contribution is -2.61. The molecule has 5 heteroatoms. The summed E-state index contributed by atoms with van der Waals surface area (Å²) in [6, 6.07) is 13.2. The van der Waals surface area contributed by atoms with Crippen LogP contribution >= 0.6 is 0 Å². The number of hydrogen-bond donors (Lipinski definition) is 1. The number of fused-ring (bicyclic) bond motifs is 2. The summed E-state index contributed by atoms with van der Waals surface area (Å²) in [4.78, 5) is 28.5. The maximum Gasteiger partial charge on any atom is 0.246 e. The highest BCUT2D eigenvalue weighted by Gasteiger charge is 2.48. The van der Waals surface area contributed by atoms with Crippen molar-refractivity contribution >= 4 is 22.6 Å². The molecule has 2 aliphatic heterocycles. The lowest BCUT2D eigenvalue weighted by atomic mass is 10.0. The van der Waals surface area contributed by atoms with E-state index in [0.29, 0.717) is 13.0 Å². The van der Waals surface area contributed by atoms with Crippen LogP contribution in [0.15, 0.2) is 42.5 Å². The Morgan fingerprint density at radius 1 is 1.08 bits per heavy atom. The third kappa shape index (κ3) is 2.36. The summed E-state index contributed by atoms with van der Waals surface area (Å²) in [6.45, 7) is 2.45. The largest absolute Gasteiger partial charge is 0.391 e. The Bertz CT molecular complexity index is 819. The van der Waals surface area contributed by atoms with Crippen LogP contribution in [0, 0.1) is 0 Å². The standard InChI is InChI=1S/C19H20N2O3/c1-12-18(23)21-11-16(22)9-17(21)19(24)20(12)10-13-6-7-14-4-2-3-5-15(14)8-13/h2-8,12,16-17,22H,9-11H2,1H3/t12-,16+,17?/m0/s1. The van der Waals surface area contributed by atoms with Crippen molar-refractivity contribution in [3.63, 3.8) is 0 Å². The van der Waals surface area contributed by atoms with Crippen LogP contribution in [0.25, 0.3) is 10.8 Å². The van der Waals surface area contributed by atoms with Crippen LogP contribution in [-0.2, 0) is 16.1 Å². The van der Waals surface area contributed by atoms with E-state index in [1.807, 2.05) is 30.3 Å². The van der Waals surface area contributed by atoms with E-state index >= 15 is 0 Å². The fourth-order valence-electron chi connectivity index (χ4n) is 3.80. The minimum Gasteiger partial charge on any atom is -0.391 e. The monoisotopic (exact) mass is 324 g/mol. The molecule has 124 valence electrons. The van der Waals surface area contributed by atoms with Gasteiger partial charge >= 0.3 is 0 Å². The van der Waals surface area contributed by atoms with Crippen molar-refractivity contribution in [1.82, 2.24) is 9.80 Å². The van der Waals surface area contributed by atoms with Gasteiger partial charge in [-0.05, 0) is 29.3 Å². The quantitative estimate of drug-likeness (QED) is 0.911. The highest BCUT2D eigenvalue weighted by molar-refractivity contribution is 5.97. The number of aliphatic hydroxyl groups is 1. The fraction of sp³-hybridized carbons (Fsp3) is 0.368. The molecule has 2 fully saturated rings. The van der Waals surface area contributed by atoms with Crippen LogP contribution in [0.1, 0.15) is 18.9 Å². The zero-order chi connectivity index (χ0) is 16.8. The van der Waals surface area contributed by atoms with Crippen molar-refractivity contribution in [3.05, 3.63) is 48.0 Å². The van der Waals surface area contributed by atoms with Crippen molar-refractivity contribution in [3.8, 4) is 0 Å². The minimum atomic E-state index is -0.601. The summed E-state index contributed by atoms with van der Waals surface area (Å²) in [7, 11) is 0. The average Bonchev–Trinajstić information content (AvgIpc) is 2.99. The Morgan fingerprint density at radius 2 is 1.83 bits per heavy atom. The van der Waals surface area contributed by atoms with E-state index in [2.05, 4.69) is 12.1 Å². The zero-order valence-corrected chi connectivity index (χ0v) is 13.6. The first-order valence-corrected chi connectivity index (χ1v) is 8.31. The summed E-state index contributed by atoms with van der Waals surface area (Å²) < 4.78 is 0. The Balaban J connectivity index is 1.62. The molecule has 4 rings (SSSR count). The van der Waals surface area contributed by atoms with E-state index in [-0.39, 0.29) is 18.4 Å². The van der Waals surface area contributed by atoms with E-state index in [1.54, 1.807) is 11.8 Å². The van der Waals surface area contributed by atoms with Gasteiger partial charge in [0.05, 0.1) is 6.10 Å². The molecule has 2 aromatic carbocycles. The van der Waals surface area contributed by atoms with E-state index in [1.165, 1.54) is 4.90 Å². The molecule has 0 spiro atoms. The molecule has 2 aromatic rings. The first kappa shape index (κ1) is 15.1. The van der Waals surface area contributed by atoms with Crippen molar-refractivity contribution in [2.24, 2.45) is 0 Å². The third-order valence-electron chi connectivity index (χ3n) is 5.12. The smallest absolute Gasteiger partial charge is 0.246 e. The average molecular weight is 324 g/mol. The molecular formula is C19H20N2O3. The van der Waals surface area contributed by atoms with Gasteiger partial charge in [-0.2, -0.15) is 0 Å². The van der Waals surface area contributed by atoms with Crippen LogP contribution in [0.4, 0.5) is 0 Å². The van der Waals surface area contributed by atoms with Gasteiger partial charge in [-0.1, -0.05) is 36.4 Å². The molecule has 0 radical (unpaired) electrons. The summed E-state index contributed by atoms with van der Waals surface area (Å²) in [5.41, 5.74) is 1.01. The predicted octanol–water partition coefficient (Wildman–Crippen LogP) is 1.53. The molecule has 1 N–H and O–H groups in total. The second-order valence-electron chi connectivity index (χ2n) is 6.72. The molecule has 1 unspecified atom stereocenters. The molecular weight excluding hydrogens is 304 g/mol. The molecule has 2 heterocycles. The van der Waals surface area contributed by atoms with E-state index in [9.17, 15) is 14.7 Å². The number of carbonyl (C=O) groups is 2. The molecule has 2 saturated heterocycles. The molecule has 0 aromatic heterocycles. The topological polar surface area (TPSA) is 60.9 Å². The van der Waals surface area contributed by atoms with E-state index in [4.69, 9.17) is 0 Å². The van der Waals surface area contributed by atoms with Gasteiger partial charge in [0.1, 0.15) is 12.1 Å². The molecule has 0 aliphatic carbocycles. The molecule has 2 aliphatic rings. The van der Waals surface area contributed by atoms with Gasteiger partial charge in [0.2, 0.25) is 11.8 Å². The molecule has 0 bridgehead atoms. The summed E-state index contributed by atoms with van der Waals surface area (Å²) in [5, 5.41) is 12.1. The second-order valence-corrected chi connectivity index (χ2v) is 6.72. The third-order valence-corrected chi connectivity index (χ3v) is 5.12. The number of aliphatic hydroxyl groups excluding tert-OH is 1. The van der Waals surface area contributed by atoms with Crippen molar-refractivity contribution in [2.75, 3.05) is 6.54 Å². The van der Waals surface area contributed by atoms with Gasteiger partial charge in [0.25, 0.3) is 0 Å². The number of amides is 2. The summed E-state index contributed by atoms with van der Waals surface area (Å²) in [5.74, 6) is -0.135. The van der Waals surface area contributed by atoms with Gasteiger partial charge in [-0.25, -0.2) is 0 Å². The number of benzene rings is 2. The molecule has 3 atom stereocenters. The van der Waals surface area contributed by atoms with E-state index < -0.39 is 18.2 Å². The number of carbonyl (C=O) groups excluding carboxylic acids is 2. The van der Waals surface area contributed by atoms with Gasteiger partial charge in [0.15, 0.2) is 0 Å². The van der Waals surface area contributed by atoms with Crippen LogP contribution in [0.2, 0.25) is 0 Å². The molecule has 2 amide bonds. The second kappa shape index (κ2) is 5.60. The summed E-state index contributed by atoms with van der Waals surface area (Å²) in [6.07, 6.45) is -0.262.